The maximum absolute atomic E-state index is 12.7. The summed E-state index contributed by atoms with van der Waals surface area (Å²) in [6.45, 7) is 7.43. The molecule has 1 atom stereocenters. The monoisotopic (exact) mass is 364 g/mol. The van der Waals surface area contributed by atoms with E-state index in [2.05, 4.69) is 16.3 Å². The van der Waals surface area contributed by atoms with Gasteiger partial charge in [0.1, 0.15) is 6.10 Å². The molecular weight excluding hydrogens is 336 g/mol. The summed E-state index contributed by atoms with van der Waals surface area (Å²) in [5.74, 6) is 1.01. The molecule has 1 aromatic heterocycles. The van der Waals surface area contributed by atoms with Gasteiger partial charge in [0, 0.05) is 50.8 Å². The predicted octanol–water partition coefficient (Wildman–Crippen LogP) is 2.32. The topological polar surface area (TPSA) is 42.0 Å². The molecule has 3 aliphatic rings. The zero-order chi connectivity index (χ0) is 17.1. The number of amides is 1. The third kappa shape index (κ3) is 4.25. The molecule has 0 saturated carbocycles. The van der Waals surface area contributed by atoms with Crippen molar-refractivity contribution in [3.8, 4) is 0 Å². The van der Waals surface area contributed by atoms with E-state index in [9.17, 15) is 4.79 Å². The van der Waals surface area contributed by atoms with Gasteiger partial charge in [-0.25, -0.2) is 0 Å². The van der Waals surface area contributed by atoms with Crippen LogP contribution in [0.1, 0.15) is 35.8 Å². The molecule has 138 valence electrons. The van der Waals surface area contributed by atoms with Crippen molar-refractivity contribution < 1.29 is 14.3 Å². The van der Waals surface area contributed by atoms with Gasteiger partial charge >= 0.3 is 0 Å². The lowest BCUT2D eigenvalue weighted by atomic mass is 9.99. The van der Waals surface area contributed by atoms with Gasteiger partial charge < -0.3 is 14.4 Å². The third-order valence-corrected chi connectivity index (χ3v) is 6.76. The van der Waals surface area contributed by atoms with Gasteiger partial charge in [-0.05, 0) is 42.2 Å². The first-order chi connectivity index (χ1) is 12.3. The molecule has 0 bridgehead atoms. The fourth-order valence-electron chi connectivity index (χ4n) is 4.14. The Morgan fingerprint density at radius 2 is 1.96 bits per heavy atom. The standard InChI is InChI=1S/C19H28N2O3S/c22-18(13-17-19-16(3-11-24-17)4-12-25-19)21-7-5-20(6-8-21)14-15-1-9-23-10-2-15/h4,12,15,17H,1-3,5-11,13-14H2. The van der Waals surface area contributed by atoms with Crippen LogP contribution in [0, 0.1) is 5.92 Å². The number of thiophene rings is 1. The number of piperazine rings is 1. The Hall–Kier alpha value is -0.950. The third-order valence-electron chi connectivity index (χ3n) is 5.71. The first-order valence-electron chi connectivity index (χ1n) is 9.55. The van der Waals surface area contributed by atoms with Crippen molar-refractivity contribution in [3.63, 3.8) is 0 Å². The Balaban J connectivity index is 1.24. The van der Waals surface area contributed by atoms with E-state index in [0.717, 1.165) is 64.9 Å². The minimum absolute atomic E-state index is 0.0310. The highest BCUT2D eigenvalue weighted by atomic mass is 32.1. The van der Waals surface area contributed by atoms with Gasteiger partial charge in [-0.3, -0.25) is 9.69 Å². The molecule has 0 radical (unpaired) electrons. The van der Waals surface area contributed by atoms with Crippen molar-refractivity contribution in [1.29, 1.82) is 0 Å². The Labute approximate surface area is 153 Å². The summed E-state index contributed by atoms with van der Waals surface area (Å²) in [7, 11) is 0. The summed E-state index contributed by atoms with van der Waals surface area (Å²) >= 11 is 1.73. The number of carbonyl (C=O) groups is 1. The van der Waals surface area contributed by atoms with Crippen LogP contribution in [0.3, 0.4) is 0 Å². The SMILES string of the molecule is O=C(CC1OCCc2ccsc21)N1CCN(CC2CCOCC2)CC1. The molecule has 2 fully saturated rings. The molecule has 6 heteroatoms. The quantitative estimate of drug-likeness (QED) is 0.822. The number of nitrogens with zero attached hydrogens (tertiary/aromatic N) is 2. The predicted molar refractivity (Wildman–Crippen MR) is 97.9 cm³/mol. The lowest BCUT2D eigenvalue weighted by molar-refractivity contribution is -0.136. The van der Waals surface area contributed by atoms with Gasteiger partial charge in [-0.1, -0.05) is 0 Å². The molecule has 0 spiro atoms. The van der Waals surface area contributed by atoms with E-state index < -0.39 is 0 Å². The summed E-state index contributed by atoms with van der Waals surface area (Å²) in [5, 5.41) is 2.12. The van der Waals surface area contributed by atoms with Crippen LogP contribution in [0.4, 0.5) is 0 Å². The fourth-order valence-corrected chi connectivity index (χ4v) is 5.14. The van der Waals surface area contributed by atoms with Crippen molar-refractivity contribution in [1.82, 2.24) is 9.80 Å². The highest BCUT2D eigenvalue weighted by Crippen LogP contribution is 2.34. The van der Waals surface area contributed by atoms with Crippen molar-refractivity contribution in [2.45, 2.75) is 31.8 Å². The fraction of sp³-hybridized carbons (Fsp3) is 0.737. The molecule has 4 heterocycles. The maximum Gasteiger partial charge on any atom is 0.225 e. The summed E-state index contributed by atoms with van der Waals surface area (Å²) in [6.07, 6.45) is 3.81. The summed E-state index contributed by atoms with van der Waals surface area (Å²) in [4.78, 5) is 18.5. The first-order valence-corrected chi connectivity index (χ1v) is 10.4. The Kier molecular flexibility index (Phi) is 5.70. The second-order valence-electron chi connectivity index (χ2n) is 7.36. The number of carbonyl (C=O) groups excluding carboxylic acids is 1. The van der Waals surface area contributed by atoms with Crippen LogP contribution in [0.5, 0.6) is 0 Å². The Morgan fingerprint density at radius 1 is 1.16 bits per heavy atom. The molecule has 25 heavy (non-hydrogen) atoms. The van der Waals surface area contributed by atoms with E-state index in [1.165, 1.54) is 23.3 Å². The van der Waals surface area contributed by atoms with Crippen LogP contribution in [0.2, 0.25) is 0 Å². The van der Waals surface area contributed by atoms with Crippen LogP contribution in [0.15, 0.2) is 11.4 Å². The van der Waals surface area contributed by atoms with Crippen molar-refractivity contribution in [3.05, 3.63) is 21.9 Å². The Morgan fingerprint density at radius 3 is 2.76 bits per heavy atom. The molecule has 3 aliphatic heterocycles. The normalized spacial score (nSPS) is 25.8. The summed E-state index contributed by atoms with van der Waals surface area (Å²) < 4.78 is 11.3. The lowest BCUT2D eigenvalue weighted by Crippen LogP contribution is -2.50. The van der Waals surface area contributed by atoms with E-state index in [0.29, 0.717) is 6.42 Å². The maximum atomic E-state index is 12.7. The minimum Gasteiger partial charge on any atom is -0.381 e. The number of rotatable bonds is 4. The number of hydrogen-bond acceptors (Lipinski definition) is 5. The zero-order valence-corrected chi connectivity index (χ0v) is 15.6. The molecule has 1 aromatic rings. The van der Waals surface area contributed by atoms with Crippen LogP contribution < -0.4 is 0 Å². The molecular formula is C19H28N2O3S. The second-order valence-corrected chi connectivity index (χ2v) is 8.31. The summed E-state index contributed by atoms with van der Waals surface area (Å²) in [5.41, 5.74) is 1.37. The van der Waals surface area contributed by atoms with E-state index in [-0.39, 0.29) is 12.0 Å². The lowest BCUT2D eigenvalue weighted by Gasteiger charge is -2.37. The smallest absolute Gasteiger partial charge is 0.225 e. The minimum atomic E-state index is -0.0310. The average molecular weight is 365 g/mol. The van der Waals surface area contributed by atoms with Gasteiger partial charge in [-0.15, -0.1) is 11.3 Å². The molecule has 1 unspecified atom stereocenters. The first kappa shape index (κ1) is 17.5. The van der Waals surface area contributed by atoms with Crippen LogP contribution >= 0.6 is 11.3 Å². The van der Waals surface area contributed by atoms with Crippen molar-refractivity contribution in [2.24, 2.45) is 5.92 Å². The highest BCUT2D eigenvalue weighted by molar-refractivity contribution is 7.10. The van der Waals surface area contributed by atoms with E-state index >= 15 is 0 Å². The van der Waals surface area contributed by atoms with E-state index in [4.69, 9.17) is 9.47 Å². The van der Waals surface area contributed by atoms with Gasteiger partial charge in [0.25, 0.3) is 0 Å². The van der Waals surface area contributed by atoms with Crippen molar-refractivity contribution >= 4 is 17.2 Å². The molecule has 1 amide bonds. The van der Waals surface area contributed by atoms with Gasteiger partial charge in [-0.2, -0.15) is 0 Å². The molecule has 2 saturated heterocycles. The van der Waals surface area contributed by atoms with Crippen LogP contribution in [0.25, 0.3) is 0 Å². The second kappa shape index (κ2) is 8.16. The van der Waals surface area contributed by atoms with Gasteiger partial charge in [0.05, 0.1) is 13.0 Å². The van der Waals surface area contributed by atoms with Crippen molar-refractivity contribution in [2.75, 3.05) is 52.5 Å². The van der Waals surface area contributed by atoms with Gasteiger partial charge in [0.15, 0.2) is 0 Å². The largest absolute Gasteiger partial charge is 0.381 e. The molecule has 4 rings (SSSR count). The zero-order valence-electron chi connectivity index (χ0n) is 14.8. The summed E-state index contributed by atoms with van der Waals surface area (Å²) in [6, 6.07) is 2.18. The highest BCUT2D eigenvalue weighted by Gasteiger charge is 2.29. The Bertz CT molecular complexity index is 577. The molecule has 0 aliphatic carbocycles. The number of hydrogen-bond donors (Lipinski definition) is 0. The van der Waals surface area contributed by atoms with E-state index in [1.54, 1.807) is 11.3 Å². The number of fused-ring (bicyclic) bond motifs is 1. The van der Waals surface area contributed by atoms with Gasteiger partial charge in [0.2, 0.25) is 5.91 Å². The molecule has 0 aromatic carbocycles. The van der Waals surface area contributed by atoms with Crippen LogP contribution in [-0.2, 0) is 20.7 Å². The van der Waals surface area contributed by atoms with Crippen LogP contribution in [-0.4, -0.2) is 68.3 Å². The molecule has 5 nitrogen and oxygen atoms in total. The average Bonchev–Trinajstić information content (AvgIpc) is 3.13. The number of ether oxygens (including phenoxy) is 2. The van der Waals surface area contributed by atoms with E-state index in [1.807, 2.05) is 4.90 Å². The molecule has 0 N–H and O–H groups in total.